The number of rotatable bonds is 2. The standard InChI is InChI=1S/C24H18N2/c1-17-15-21-23(26-16-17)22-20(13-8-14-25-22)24(21,18-9-4-2-5-10-18)19-11-6-3-7-12-19/h2-16H,1H3. The molecule has 2 nitrogen and oxygen atoms in total. The van der Waals surface area contributed by atoms with Crippen molar-refractivity contribution in [3.05, 3.63) is 119 Å². The first-order chi connectivity index (χ1) is 12.8. The zero-order valence-electron chi connectivity index (χ0n) is 14.6. The number of benzene rings is 2. The van der Waals surface area contributed by atoms with Crippen molar-refractivity contribution >= 4 is 0 Å². The number of hydrogen-bond acceptors (Lipinski definition) is 2. The third kappa shape index (κ3) is 1.93. The maximum Gasteiger partial charge on any atom is 0.0937 e. The van der Waals surface area contributed by atoms with Crippen LogP contribution in [-0.2, 0) is 5.41 Å². The van der Waals surface area contributed by atoms with E-state index < -0.39 is 0 Å². The highest BCUT2D eigenvalue weighted by Crippen LogP contribution is 2.54. The first-order valence-electron chi connectivity index (χ1n) is 8.86. The Kier molecular flexibility index (Phi) is 3.26. The highest BCUT2D eigenvalue weighted by molar-refractivity contribution is 5.81. The molecule has 5 rings (SSSR count). The second kappa shape index (κ2) is 5.63. The molecule has 2 heterocycles. The topological polar surface area (TPSA) is 25.8 Å². The van der Waals surface area contributed by atoms with Gasteiger partial charge in [-0.15, -0.1) is 0 Å². The Morgan fingerprint density at radius 3 is 1.92 bits per heavy atom. The quantitative estimate of drug-likeness (QED) is 0.446. The van der Waals surface area contributed by atoms with Crippen molar-refractivity contribution < 1.29 is 0 Å². The molecule has 0 spiro atoms. The summed E-state index contributed by atoms with van der Waals surface area (Å²) in [6, 6.07) is 27.9. The summed E-state index contributed by atoms with van der Waals surface area (Å²) in [5.74, 6) is 0. The molecule has 0 saturated heterocycles. The molecular weight excluding hydrogens is 316 g/mol. The molecule has 0 aliphatic heterocycles. The Morgan fingerprint density at radius 1 is 0.654 bits per heavy atom. The third-order valence-corrected chi connectivity index (χ3v) is 5.28. The minimum atomic E-state index is -0.388. The highest BCUT2D eigenvalue weighted by atomic mass is 14.8. The zero-order valence-corrected chi connectivity index (χ0v) is 14.6. The lowest BCUT2D eigenvalue weighted by molar-refractivity contribution is 0.763. The van der Waals surface area contributed by atoms with Crippen LogP contribution in [0.1, 0.15) is 27.8 Å². The van der Waals surface area contributed by atoms with Crippen molar-refractivity contribution in [3.63, 3.8) is 0 Å². The van der Waals surface area contributed by atoms with Gasteiger partial charge in [0, 0.05) is 12.4 Å². The number of fused-ring (bicyclic) bond motifs is 3. The predicted molar refractivity (Wildman–Crippen MR) is 104 cm³/mol. The monoisotopic (exact) mass is 334 g/mol. The molecule has 2 heteroatoms. The van der Waals surface area contributed by atoms with Crippen LogP contribution < -0.4 is 0 Å². The van der Waals surface area contributed by atoms with Gasteiger partial charge in [0.15, 0.2) is 0 Å². The molecule has 2 aromatic carbocycles. The lowest BCUT2D eigenvalue weighted by Gasteiger charge is -2.33. The Bertz CT molecular complexity index is 1050. The number of nitrogens with zero attached hydrogens (tertiary/aromatic N) is 2. The third-order valence-electron chi connectivity index (χ3n) is 5.28. The van der Waals surface area contributed by atoms with E-state index in [-0.39, 0.29) is 5.41 Å². The SMILES string of the molecule is Cc1cnc2c(c1)C(c1ccccc1)(c1ccccc1)c1cccnc1-2. The van der Waals surface area contributed by atoms with Crippen LogP contribution in [0, 0.1) is 6.92 Å². The van der Waals surface area contributed by atoms with E-state index in [4.69, 9.17) is 9.97 Å². The molecule has 124 valence electrons. The van der Waals surface area contributed by atoms with Gasteiger partial charge < -0.3 is 0 Å². The largest absolute Gasteiger partial charge is 0.254 e. The molecule has 2 aromatic heterocycles. The van der Waals surface area contributed by atoms with Crippen LogP contribution in [0.4, 0.5) is 0 Å². The van der Waals surface area contributed by atoms with E-state index in [2.05, 4.69) is 79.7 Å². The van der Waals surface area contributed by atoms with Crippen molar-refractivity contribution in [2.75, 3.05) is 0 Å². The number of hydrogen-bond donors (Lipinski definition) is 0. The molecule has 0 saturated carbocycles. The Hall–Kier alpha value is -3.26. The normalized spacial score (nSPS) is 13.9. The predicted octanol–water partition coefficient (Wildman–Crippen LogP) is 5.15. The van der Waals surface area contributed by atoms with Crippen LogP contribution in [0.5, 0.6) is 0 Å². The summed E-state index contributed by atoms with van der Waals surface area (Å²) in [7, 11) is 0. The molecule has 0 atom stereocenters. The van der Waals surface area contributed by atoms with Crippen molar-refractivity contribution in [1.29, 1.82) is 0 Å². The number of aromatic nitrogens is 2. The maximum atomic E-state index is 4.78. The van der Waals surface area contributed by atoms with E-state index in [1.807, 2.05) is 18.5 Å². The number of aryl methyl sites for hydroxylation is 1. The summed E-state index contributed by atoms with van der Waals surface area (Å²) in [4.78, 5) is 9.50. The molecule has 1 aliphatic rings. The Balaban J connectivity index is 1.99. The molecule has 4 aromatic rings. The smallest absolute Gasteiger partial charge is 0.0937 e. The van der Waals surface area contributed by atoms with Crippen LogP contribution in [0.25, 0.3) is 11.4 Å². The molecule has 1 aliphatic carbocycles. The van der Waals surface area contributed by atoms with Crippen LogP contribution in [0.3, 0.4) is 0 Å². The first-order valence-corrected chi connectivity index (χ1v) is 8.86. The van der Waals surface area contributed by atoms with Gasteiger partial charge in [-0.2, -0.15) is 0 Å². The fourth-order valence-electron chi connectivity index (χ4n) is 4.25. The lowest BCUT2D eigenvalue weighted by Crippen LogP contribution is -2.28. The minimum Gasteiger partial charge on any atom is -0.254 e. The summed E-state index contributed by atoms with van der Waals surface area (Å²) >= 11 is 0. The van der Waals surface area contributed by atoms with E-state index in [1.165, 1.54) is 22.3 Å². The van der Waals surface area contributed by atoms with Gasteiger partial charge in [0.05, 0.1) is 16.8 Å². The fraction of sp³-hybridized carbons (Fsp3) is 0.0833. The summed E-state index contributed by atoms with van der Waals surface area (Å²) in [5.41, 5.74) is 7.63. The van der Waals surface area contributed by atoms with Gasteiger partial charge in [-0.05, 0) is 40.8 Å². The fourth-order valence-corrected chi connectivity index (χ4v) is 4.25. The van der Waals surface area contributed by atoms with Gasteiger partial charge in [0.1, 0.15) is 0 Å². The van der Waals surface area contributed by atoms with E-state index in [0.29, 0.717) is 0 Å². The van der Waals surface area contributed by atoms with Crippen LogP contribution in [0.2, 0.25) is 0 Å². The molecule has 0 bridgehead atoms. The van der Waals surface area contributed by atoms with Gasteiger partial charge in [-0.25, -0.2) is 0 Å². The molecular formula is C24H18N2. The Labute approximate surface area is 153 Å². The van der Waals surface area contributed by atoms with Crippen LogP contribution in [-0.4, -0.2) is 9.97 Å². The van der Waals surface area contributed by atoms with Gasteiger partial charge in [0.25, 0.3) is 0 Å². The van der Waals surface area contributed by atoms with E-state index in [1.54, 1.807) is 0 Å². The van der Waals surface area contributed by atoms with E-state index >= 15 is 0 Å². The summed E-state index contributed by atoms with van der Waals surface area (Å²) < 4.78 is 0. The molecule has 0 fully saturated rings. The van der Waals surface area contributed by atoms with Gasteiger partial charge >= 0.3 is 0 Å². The average Bonchev–Trinajstić information content (AvgIpc) is 3.00. The average molecular weight is 334 g/mol. The molecule has 0 amide bonds. The highest BCUT2D eigenvalue weighted by Gasteiger charge is 2.47. The number of pyridine rings is 2. The van der Waals surface area contributed by atoms with Crippen LogP contribution in [0.15, 0.2) is 91.3 Å². The molecule has 26 heavy (non-hydrogen) atoms. The molecule has 0 radical (unpaired) electrons. The van der Waals surface area contributed by atoms with E-state index in [0.717, 1.165) is 17.0 Å². The summed E-state index contributed by atoms with van der Waals surface area (Å²) in [6.45, 7) is 2.10. The van der Waals surface area contributed by atoms with Gasteiger partial charge in [-0.1, -0.05) is 72.8 Å². The summed E-state index contributed by atoms with van der Waals surface area (Å²) in [6.07, 6.45) is 3.79. The van der Waals surface area contributed by atoms with E-state index in [9.17, 15) is 0 Å². The summed E-state index contributed by atoms with van der Waals surface area (Å²) in [5, 5.41) is 0. The van der Waals surface area contributed by atoms with Crippen molar-refractivity contribution in [1.82, 2.24) is 9.97 Å². The van der Waals surface area contributed by atoms with Crippen molar-refractivity contribution in [2.45, 2.75) is 12.3 Å². The second-order valence-electron chi connectivity index (χ2n) is 6.79. The second-order valence-corrected chi connectivity index (χ2v) is 6.79. The van der Waals surface area contributed by atoms with Gasteiger partial charge in [-0.3, -0.25) is 9.97 Å². The lowest BCUT2D eigenvalue weighted by atomic mass is 9.68. The van der Waals surface area contributed by atoms with Crippen LogP contribution >= 0.6 is 0 Å². The zero-order chi connectivity index (χ0) is 17.6. The first kappa shape index (κ1) is 15.0. The maximum absolute atomic E-state index is 4.78. The van der Waals surface area contributed by atoms with Crippen molar-refractivity contribution in [2.24, 2.45) is 0 Å². The molecule has 0 unspecified atom stereocenters. The molecule has 0 N–H and O–H groups in total. The van der Waals surface area contributed by atoms with Gasteiger partial charge in [0.2, 0.25) is 0 Å². The Morgan fingerprint density at radius 2 is 1.27 bits per heavy atom. The van der Waals surface area contributed by atoms with Crippen molar-refractivity contribution in [3.8, 4) is 11.4 Å². The minimum absolute atomic E-state index is 0.388.